The third-order valence-corrected chi connectivity index (χ3v) is 2.72. The van der Waals surface area contributed by atoms with Crippen LogP contribution in [0, 0.1) is 11.6 Å². The Balaban J connectivity index is 2.24. The normalized spacial score (nSPS) is 10.4. The molecule has 0 amide bonds. The van der Waals surface area contributed by atoms with Crippen LogP contribution in [0.4, 0.5) is 8.78 Å². The molecule has 1 aromatic heterocycles. The number of aromatic nitrogens is 2. The predicted molar refractivity (Wildman–Crippen MR) is 70.0 cm³/mol. The van der Waals surface area contributed by atoms with Crippen LogP contribution >= 0.6 is 0 Å². The lowest BCUT2D eigenvalue weighted by molar-refractivity contribution is 0.0523. The predicted octanol–water partition coefficient (Wildman–Crippen LogP) is 1.82. The second-order valence-corrected chi connectivity index (χ2v) is 4.21. The van der Waals surface area contributed by atoms with Crippen molar-refractivity contribution >= 4 is 5.97 Å². The molecule has 1 heterocycles. The summed E-state index contributed by atoms with van der Waals surface area (Å²) < 4.78 is 31.0. The van der Waals surface area contributed by atoms with Crippen LogP contribution in [0.2, 0.25) is 0 Å². The molecule has 110 valence electrons. The summed E-state index contributed by atoms with van der Waals surface area (Å²) in [5.74, 6) is -2.02. The average Bonchev–Trinajstić information content (AvgIpc) is 2.42. The third kappa shape index (κ3) is 3.50. The second kappa shape index (κ2) is 6.25. The van der Waals surface area contributed by atoms with Gasteiger partial charge in [0, 0.05) is 18.7 Å². The lowest BCUT2D eigenvalue weighted by atomic mass is 10.1. The van der Waals surface area contributed by atoms with Gasteiger partial charge < -0.3 is 9.72 Å². The number of halogens is 2. The Morgan fingerprint density at radius 1 is 1.38 bits per heavy atom. The molecule has 1 aromatic carbocycles. The molecule has 0 atom stereocenters. The van der Waals surface area contributed by atoms with Crippen molar-refractivity contribution in [3.63, 3.8) is 0 Å². The van der Waals surface area contributed by atoms with Gasteiger partial charge in [0.2, 0.25) is 0 Å². The Morgan fingerprint density at radius 2 is 2.14 bits per heavy atom. The molecule has 7 heteroatoms. The Morgan fingerprint density at radius 3 is 2.76 bits per heavy atom. The van der Waals surface area contributed by atoms with Gasteiger partial charge >= 0.3 is 5.97 Å². The van der Waals surface area contributed by atoms with Crippen molar-refractivity contribution in [2.75, 3.05) is 6.61 Å². The topological polar surface area (TPSA) is 72.0 Å². The van der Waals surface area contributed by atoms with Crippen molar-refractivity contribution in [3.8, 4) is 0 Å². The minimum atomic E-state index is -0.772. The molecule has 0 aliphatic heterocycles. The second-order valence-electron chi connectivity index (χ2n) is 4.21. The average molecular weight is 294 g/mol. The molecular weight excluding hydrogens is 282 g/mol. The zero-order valence-electron chi connectivity index (χ0n) is 11.2. The standard InChI is InChI=1S/C14H12F2N2O3/c1-2-21-14(20)10-7-17-12(18-13(10)19)5-8-3-4-9(15)6-11(8)16/h3-4,6-7H,2,5H2,1H3,(H,17,18,19). The van der Waals surface area contributed by atoms with E-state index in [2.05, 4.69) is 9.97 Å². The fourth-order valence-corrected chi connectivity index (χ4v) is 1.72. The first kappa shape index (κ1) is 14.8. The molecule has 1 N–H and O–H groups in total. The van der Waals surface area contributed by atoms with Gasteiger partial charge in [0.25, 0.3) is 5.56 Å². The van der Waals surface area contributed by atoms with Crippen molar-refractivity contribution in [2.24, 2.45) is 0 Å². The molecule has 0 bridgehead atoms. The van der Waals surface area contributed by atoms with E-state index in [4.69, 9.17) is 4.74 Å². The number of benzene rings is 1. The number of rotatable bonds is 4. The Hall–Kier alpha value is -2.57. The van der Waals surface area contributed by atoms with Crippen LogP contribution in [-0.4, -0.2) is 22.5 Å². The summed E-state index contributed by atoms with van der Waals surface area (Å²) in [5, 5.41) is 0. The first-order valence-corrected chi connectivity index (χ1v) is 6.20. The van der Waals surface area contributed by atoms with Gasteiger partial charge in [-0.05, 0) is 18.6 Å². The van der Waals surface area contributed by atoms with Crippen molar-refractivity contribution < 1.29 is 18.3 Å². The van der Waals surface area contributed by atoms with E-state index in [0.717, 1.165) is 18.3 Å². The number of hydrogen-bond acceptors (Lipinski definition) is 4. The van der Waals surface area contributed by atoms with Crippen LogP contribution in [-0.2, 0) is 11.2 Å². The van der Waals surface area contributed by atoms with E-state index in [0.29, 0.717) is 0 Å². The summed E-state index contributed by atoms with van der Waals surface area (Å²) in [4.78, 5) is 29.4. The van der Waals surface area contributed by atoms with Crippen molar-refractivity contribution in [1.29, 1.82) is 0 Å². The highest BCUT2D eigenvalue weighted by Gasteiger charge is 2.13. The largest absolute Gasteiger partial charge is 0.462 e. The van der Waals surface area contributed by atoms with E-state index < -0.39 is 23.2 Å². The van der Waals surface area contributed by atoms with E-state index in [-0.39, 0.29) is 30.0 Å². The van der Waals surface area contributed by atoms with Crippen LogP contribution in [0.25, 0.3) is 0 Å². The van der Waals surface area contributed by atoms with Gasteiger partial charge in [0.1, 0.15) is 23.0 Å². The minimum absolute atomic E-state index is 0.0234. The molecule has 21 heavy (non-hydrogen) atoms. The van der Waals surface area contributed by atoms with Crippen molar-refractivity contribution in [1.82, 2.24) is 9.97 Å². The Labute approximate surface area is 118 Å². The Kier molecular flexibility index (Phi) is 4.42. The van der Waals surface area contributed by atoms with Gasteiger partial charge in [0.15, 0.2) is 0 Å². The van der Waals surface area contributed by atoms with Crippen LogP contribution in [0.3, 0.4) is 0 Å². The van der Waals surface area contributed by atoms with Gasteiger partial charge in [-0.25, -0.2) is 18.6 Å². The summed E-state index contributed by atoms with van der Waals surface area (Å²) in [5.41, 5.74) is -0.704. The smallest absolute Gasteiger partial charge is 0.345 e. The first-order valence-electron chi connectivity index (χ1n) is 6.20. The lowest BCUT2D eigenvalue weighted by Crippen LogP contribution is -2.22. The van der Waals surface area contributed by atoms with Crippen LogP contribution < -0.4 is 5.56 Å². The molecule has 0 unspecified atom stereocenters. The molecule has 0 aliphatic carbocycles. The summed E-state index contributed by atoms with van der Waals surface area (Å²) in [7, 11) is 0. The highest BCUT2D eigenvalue weighted by atomic mass is 19.1. The fourth-order valence-electron chi connectivity index (χ4n) is 1.72. The quantitative estimate of drug-likeness (QED) is 0.873. The fraction of sp³-hybridized carbons (Fsp3) is 0.214. The molecule has 0 aliphatic rings. The number of ether oxygens (including phenoxy) is 1. The van der Waals surface area contributed by atoms with E-state index in [9.17, 15) is 18.4 Å². The van der Waals surface area contributed by atoms with Crippen molar-refractivity contribution in [2.45, 2.75) is 13.3 Å². The molecule has 2 aromatic rings. The maximum Gasteiger partial charge on any atom is 0.345 e. The van der Waals surface area contributed by atoms with Crippen molar-refractivity contribution in [3.05, 3.63) is 63.3 Å². The first-order chi connectivity index (χ1) is 10.0. The van der Waals surface area contributed by atoms with Gasteiger partial charge in [0.05, 0.1) is 6.61 Å². The Bertz CT molecular complexity index is 728. The van der Waals surface area contributed by atoms with Crippen LogP contribution in [0.1, 0.15) is 28.7 Å². The summed E-state index contributed by atoms with van der Waals surface area (Å²) in [6, 6.07) is 3.13. The molecule has 0 fully saturated rings. The van der Waals surface area contributed by atoms with Gasteiger partial charge in [-0.3, -0.25) is 4.79 Å². The zero-order chi connectivity index (χ0) is 15.4. The van der Waals surface area contributed by atoms with E-state index in [1.54, 1.807) is 6.92 Å². The highest BCUT2D eigenvalue weighted by molar-refractivity contribution is 5.88. The molecule has 0 saturated heterocycles. The highest BCUT2D eigenvalue weighted by Crippen LogP contribution is 2.12. The van der Waals surface area contributed by atoms with Gasteiger partial charge in [-0.1, -0.05) is 6.07 Å². The van der Waals surface area contributed by atoms with Crippen LogP contribution in [0.5, 0.6) is 0 Å². The number of nitrogens with one attached hydrogen (secondary N) is 1. The maximum atomic E-state index is 13.5. The van der Waals surface area contributed by atoms with E-state index in [1.807, 2.05) is 0 Å². The number of carbonyl (C=O) groups is 1. The SMILES string of the molecule is CCOC(=O)c1cnc(Cc2ccc(F)cc2F)[nH]c1=O. The van der Waals surface area contributed by atoms with Gasteiger partial charge in [-0.15, -0.1) is 0 Å². The summed E-state index contributed by atoms with van der Waals surface area (Å²) >= 11 is 0. The number of carbonyl (C=O) groups excluding carboxylic acids is 1. The molecule has 5 nitrogen and oxygen atoms in total. The van der Waals surface area contributed by atoms with E-state index in [1.165, 1.54) is 6.07 Å². The molecular formula is C14H12F2N2O3. The summed E-state index contributed by atoms with van der Waals surface area (Å²) in [6.07, 6.45) is 1.05. The molecule has 2 rings (SSSR count). The number of H-pyrrole nitrogens is 1. The third-order valence-electron chi connectivity index (χ3n) is 2.72. The zero-order valence-corrected chi connectivity index (χ0v) is 11.2. The van der Waals surface area contributed by atoms with Crippen LogP contribution in [0.15, 0.2) is 29.2 Å². The summed E-state index contributed by atoms with van der Waals surface area (Å²) in [6.45, 7) is 1.76. The number of aromatic amines is 1. The molecule has 0 radical (unpaired) electrons. The van der Waals surface area contributed by atoms with Gasteiger partial charge in [-0.2, -0.15) is 0 Å². The number of nitrogens with zero attached hydrogens (tertiary/aromatic N) is 1. The number of esters is 1. The molecule has 0 spiro atoms. The minimum Gasteiger partial charge on any atom is -0.462 e. The monoisotopic (exact) mass is 294 g/mol. The lowest BCUT2D eigenvalue weighted by Gasteiger charge is -2.04. The van der Waals surface area contributed by atoms with E-state index >= 15 is 0 Å². The number of hydrogen-bond donors (Lipinski definition) is 1. The maximum absolute atomic E-state index is 13.5. The molecule has 0 saturated carbocycles.